The van der Waals surface area contributed by atoms with Crippen LogP contribution < -0.4 is 0 Å². The molecule has 0 aromatic carbocycles. The lowest BCUT2D eigenvalue weighted by molar-refractivity contribution is -0.172. The topological polar surface area (TPSA) is 35.5 Å². The van der Waals surface area contributed by atoms with Gasteiger partial charge in [0.2, 0.25) is 0 Å². The van der Waals surface area contributed by atoms with Gasteiger partial charge in [0, 0.05) is 19.6 Å². The van der Waals surface area contributed by atoms with Gasteiger partial charge in [-0.25, -0.2) is 0 Å². The van der Waals surface area contributed by atoms with Crippen molar-refractivity contribution in [1.82, 2.24) is 0 Å². The average molecular weight is 280 g/mol. The van der Waals surface area contributed by atoms with E-state index in [0.29, 0.717) is 11.7 Å². The smallest absolute Gasteiger partial charge is 0.167 e. The van der Waals surface area contributed by atoms with E-state index in [0.717, 1.165) is 51.6 Å². The van der Waals surface area contributed by atoms with Gasteiger partial charge in [-0.1, -0.05) is 13.3 Å². The molecule has 3 atom stereocenters. The molecule has 0 bridgehead atoms. The van der Waals surface area contributed by atoms with E-state index in [9.17, 15) is 4.79 Å². The van der Waals surface area contributed by atoms with E-state index in [2.05, 4.69) is 6.92 Å². The molecule has 0 N–H and O–H groups in total. The van der Waals surface area contributed by atoms with Crippen molar-refractivity contribution in [2.75, 3.05) is 13.7 Å². The molecule has 114 valence electrons. The molecule has 1 saturated heterocycles. The summed E-state index contributed by atoms with van der Waals surface area (Å²) in [7, 11) is 1.73. The highest BCUT2D eigenvalue weighted by Crippen LogP contribution is 2.47. The Kier molecular flexibility index (Phi) is 3.93. The summed E-state index contributed by atoms with van der Waals surface area (Å²) in [5, 5.41) is 0. The van der Waals surface area contributed by atoms with Gasteiger partial charge in [0.25, 0.3) is 0 Å². The van der Waals surface area contributed by atoms with E-state index in [1.807, 2.05) is 0 Å². The van der Waals surface area contributed by atoms with Crippen molar-refractivity contribution in [2.45, 2.75) is 75.9 Å². The number of carbonyl (C=O) groups is 1. The van der Waals surface area contributed by atoms with Crippen molar-refractivity contribution in [3.8, 4) is 0 Å². The largest absolute Gasteiger partial charge is 0.375 e. The maximum absolute atomic E-state index is 13.1. The van der Waals surface area contributed by atoms with Gasteiger partial charge in [-0.15, -0.1) is 0 Å². The number of hydrogen-bond acceptors (Lipinski definition) is 3. The van der Waals surface area contributed by atoms with Crippen LogP contribution in [0, 0.1) is 11.8 Å². The van der Waals surface area contributed by atoms with Crippen molar-refractivity contribution in [1.29, 1.82) is 0 Å². The molecule has 3 nitrogen and oxygen atoms in total. The van der Waals surface area contributed by atoms with Gasteiger partial charge in [0.1, 0.15) is 5.60 Å². The molecule has 1 spiro atoms. The highest BCUT2D eigenvalue weighted by molar-refractivity contribution is 5.89. The molecule has 1 aliphatic heterocycles. The first kappa shape index (κ1) is 14.5. The molecular formula is C17H28O3. The van der Waals surface area contributed by atoms with Crippen LogP contribution in [0.1, 0.15) is 64.7 Å². The molecule has 2 saturated carbocycles. The Labute approximate surface area is 122 Å². The van der Waals surface area contributed by atoms with Gasteiger partial charge in [0.05, 0.1) is 5.60 Å². The molecule has 1 heterocycles. The Morgan fingerprint density at radius 3 is 2.55 bits per heavy atom. The fourth-order valence-corrected chi connectivity index (χ4v) is 4.56. The van der Waals surface area contributed by atoms with Crippen LogP contribution in [0.4, 0.5) is 0 Å². The average Bonchev–Trinajstić information content (AvgIpc) is 2.45. The normalized spacial score (nSPS) is 40.3. The SMILES string of the molecule is COC1(C(=O)C2CCOC3(CCC3)C2)CCCC(C)C1. The summed E-state index contributed by atoms with van der Waals surface area (Å²) in [6.07, 6.45) is 9.55. The molecule has 3 fully saturated rings. The first-order valence-electron chi connectivity index (χ1n) is 8.33. The maximum atomic E-state index is 13.1. The van der Waals surface area contributed by atoms with E-state index in [1.165, 1.54) is 12.8 Å². The first-order chi connectivity index (χ1) is 9.59. The first-order valence-corrected chi connectivity index (χ1v) is 8.33. The van der Waals surface area contributed by atoms with Crippen molar-refractivity contribution >= 4 is 5.78 Å². The quantitative estimate of drug-likeness (QED) is 0.793. The summed E-state index contributed by atoms with van der Waals surface area (Å²) < 4.78 is 11.8. The van der Waals surface area contributed by atoms with Gasteiger partial charge in [-0.05, 0) is 57.3 Å². The van der Waals surface area contributed by atoms with Crippen LogP contribution in [-0.4, -0.2) is 30.7 Å². The number of methoxy groups -OCH3 is 1. The zero-order valence-electron chi connectivity index (χ0n) is 13.0. The lowest BCUT2D eigenvalue weighted by Gasteiger charge is -2.48. The molecule has 0 aromatic rings. The Morgan fingerprint density at radius 2 is 1.95 bits per heavy atom. The second-order valence-electron chi connectivity index (χ2n) is 7.34. The molecular weight excluding hydrogens is 252 g/mol. The fraction of sp³-hybridized carbons (Fsp3) is 0.941. The summed E-state index contributed by atoms with van der Waals surface area (Å²) in [4.78, 5) is 13.1. The Bertz CT molecular complexity index is 374. The third-order valence-corrected chi connectivity index (χ3v) is 5.92. The zero-order chi connectivity index (χ0) is 14.2. The van der Waals surface area contributed by atoms with Crippen molar-refractivity contribution in [3.05, 3.63) is 0 Å². The van der Waals surface area contributed by atoms with E-state index in [4.69, 9.17) is 9.47 Å². The maximum Gasteiger partial charge on any atom is 0.167 e. The lowest BCUT2D eigenvalue weighted by atomic mass is 9.66. The van der Waals surface area contributed by atoms with Crippen LogP contribution in [0.2, 0.25) is 0 Å². The highest BCUT2D eigenvalue weighted by atomic mass is 16.5. The van der Waals surface area contributed by atoms with Gasteiger partial charge >= 0.3 is 0 Å². The van der Waals surface area contributed by atoms with Crippen LogP contribution >= 0.6 is 0 Å². The van der Waals surface area contributed by atoms with Crippen LogP contribution in [-0.2, 0) is 14.3 Å². The molecule has 3 heteroatoms. The number of Topliss-reactive ketones (excluding diaryl/α,β-unsaturated/α-hetero) is 1. The van der Waals surface area contributed by atoms with Crippen LogP contribution in [0.25, 0.3) is 0 Å². The zero-order valence-corrected chi connectivity index (χ0v) is 13.0. The lowest BCUT2D eigenvalue weighted by Crippen LogP contribution is -2.53. The summed E-state index contributed by atoms with van der Waals surface area (Å²) in [5.74, 6) is 1.14. The Hall–Kier alpha value is -0.410. The second-order valence-corrected chi connectivity index (χ2v) is 7.34. The van der Waals surface area contributed by atoms with Crippen LogP contribution in [0.5, 0.6) is 0 Å². The summed E-state index contributed by atoms with van der Waals surface area (Å²) in [5.41, 5.74) is -0.446. The van der Waals surface area contributed by atoms with Crippen molar-refractivity contribution in [2.24, 2.45) is 11.8 Å². The van der Waals surface area contributed by atoms with Gasteiger partial charge in [-0.2, -0.15) is 0 Å². The highest BCUT2D eigenvalue weighted by Gasteiger charge is 2.50. The molecule has 0 radical (unpaired) electrons. The number of ether oxygens (including phenoxy) is 2. The number of rotatable bonds is 3. The van der Waals surface area contributed by atoms with Gasteiger partial charge in [0.15, 0.2) is 5.78 Å². The Morgan fingerprint density at radius 1 is 1.15 bits per heavy atom. The van der Waals surface area contributed by atoms with Crippen LogP contribution in [0.15, 0.2) is 0 Å². The number of carbonyl (C=O) groups excluding carboxylic acids is 1. The molecule has 2 aliphatic carbocycles. The summed E-state index contributed by atoms with van der Waals surface area (Å²) in [6.45, 7) is 3.00. The molecule has 3 aliphatic rings. The molecule has 3 unspecified atom stereocenters. The standard InChI is InChI=1S/C17H28O3/c1-13-5-3-9-17(11-13,19-2)15(18)14-6-10-20-16(12-14)7-4-8-16/h13-14H,3-12H2,1-2H3. The van der Waals surface area contributed by atoms with Crippen LogP contribution in [0.3, 0.4) is 0 Å². The predicted octanol–water partition coefficient (Wildman–Crippen LogP) is 3.50. The summed E-state index contributed by atoms with van der Waals surface area (Å²) >= 11 is 0. The minimum absolute atomic E-state index is 0.0494. The molecule has 0 aromatic heterocycles. The third kappa shape index (κ3) is 2.43. The number of hydrogen-bond donors (Lipinski definition) is 0. The minimum atomic E-state index is -0.495. The molecule has 20 heavy (non-hydrogen) atoms. The third-order valence-electron chi connectivity index (χ3n) is 5.92. The van der Waals surface area contributed by atoms with E-state index in [-0.39, 0.29) is 11.5 Å². The molecule has 0 amide bonds. The molecule has 3 rings (SSSR count). The fourth-order valence-electron chi connectivity index (χ4n) is 4.56. The van der Waals surface area contributed by atoms with Crippen molar-refractivity contribution < 1.29 is 14.3 Å². The number of ketones is 1. The second kappa shape index (κ2) is 5.42. The van der Waals surface area contributed by atoms with E-state index < -0.39 is 5.60 Å². The predicted molar refractivity (Wildman–Crippen MR) is 77.6 cm³/mol. The minimum Gasteiger partial charge on any atom is -0.375 e. The van der Waals surface area contributed by atoms with Gasteiger partial charge in [-0.3, -0.25) is 4.79 Å². The summed E-state index contributed by atoms with van der Waals surface area (Å²) in [6, 6.07) is 0. The van der Waals surface area contributed by atoms with Crippen molar-refractivity contribution in [3.63, 3.8) is 0 Å². The van der Waals surface area contributed by atoms with E-state index in [1.54, 1.807) is 7.11 Å². The van der Waals surface area contributed by atoms with E-state index >= 15 is 0 Å². The van der Waals surface area contributed by atoms with Gasteiger partial charge < -0.3 is 9.47 Å². The Balaban J connectivity index is 1.72. The monoisotopic (exact) mass is 280 g/mol.